The van der Waals surface area contributed by atoms with Crippen molar-refractivity contribution in [3.05, 3.63) is 65.5 Å². The van der Waals surface area contributed by atoms with Crippen molar-refractivity contribution in [2.75, 3.05) is 11.9 Å². The number of anilines is 1. The smallest absolute Gasteiger partial charge is 0.182 e. The second-order valence-corrected chi connectivity index (χ2v) is 4.74. The first-order valence-electron chi connectivity index (χ1n) is 6.06. The largest absolute Gasteiger partial charge is 0.384 e. The fraction of sp³-hybridized carbons (Fsp3) is 0.200. The van der Waals surface area contributed by atoms with Gasteiger partial charge in [0.15, 0.2) is 11.6 Å². The molecule has 0 bridgehead atoms. The van der Waals surface area contributed by atoms with Crippen molar-refractivity contribution < 1.29 is 18.3 Å². The Hall–Kier alpha value is -2.01. The van der Waals surface area contributed by atoms with E-state index in [0.29, 0.717) is 11.6 Å². The molecule has 0 heterocycles. The Morgan fingerprint density at radius 1 is 1.10 bits per heavy atom. The molecule has 0 aliphatic heterocycles. The van der Waals surface area contributed by atoms with E-state index >= 15 is 0 Å². The lowest BCUT2D eigenvalue weighted by Crippen LogP contribution is -2.31. The lowest BCUT2D eigenvalue weighted by atomic mass is 9.96. The highest BCUT2D eigenvalue weighted by atomic mass is 19.2. The Morgan fingerprint density at radius 2 is 1.75 bits per heavy atom. The number of hydrogen-bond acceptors (Lipinski definition) is 2. The van der Waals surface area contributed by atoms with E-state index in [1.54, 1.807) is 30.3 Å². The second kappa shape index (κ2) is 5.54. The van der Waals surface area contributed by atoms with Gasteiger partial charge >= 0.3 is 0 Å². The van der Waals surface area contributed by atoms with Gasteiger partial charge in [0, 0.05) is 18.7 Å². The summed E-state index contributed by atoms with van der Waals surface area (Å²) in [6, 6.07) is 10.1. The number of hydrogen-bond donors (Lipinski definition) is 2. The molecule has 0 aliphatic rings. The highest BCUT2D eigenvalue weighted by molar-refractivity contribution is 5.46. The van der Waals surface area contributed by atoms with Crippen molar-refractivity contribution in [3.8, 4) is 0 Å². The Kier molecular flexibility index (Phi) is 3.99. The number of halogens is 3. The Balaban J connectivity index is 2.16. The molecular weight excluding hydrogens is 267 g/mol. The quantitative estimate of drug-likeness (QED) is 0.842. The fourth-order valence-corrected chi connectivity index (χ4v) is 1.85. The number of benzene rings is 2. The predicted octanol–water partition coefficient (Wildman–Crippen LogP) is 3.42. The summed E-state index contributed by atoms with van der Waals surface area (Å²) in [6.07, 6.45) is 0. The number of rotatable bonds is 4. The van der Waals surface area contributed by atoms with Crippen LogP contribution in [-0.4, -0.2) is 11.7 Å². The summed E-state index contributed by atoms with van der Waals surface area (Å²) in [7, 11) is 0. The van der Waals surface area contributed by atoms with Gasteiger partial charge in [-0.1, -0.05) is 30.3 Å². The highest BCUT2D eigenvalue weighted by Gasteiger charge is 2.23. The van der Waals surface area contributed by atoms with Crippen LogP contribution >= 0.6 is 0 Å². The molecule has 0 fully saturated rings. The zero-order chi connectivity index (χ0) is 14.8. The second-order valence-electron chi connectivity index (χ2n) is 4.74. The molecule has 0 spiro atoms. The van der Waals surface area contributed by atoms with Gasteiger partial charge < -0.3 is 10.4 Å². The molecule has 2 aromatic rings. The molecule has 0 amide bonds. The van der Waals surface area contributed by atoms with Gasteiger partial charge in [-0.15, -0.1) is 0 Å². The summed E-state index contributed by atoms with van der Waals surface area (Å²) in [5.74, 6) is -3.33. The third-order valence-electron chi connectivity index (χ3n) is 3.01. The van der Waals surface area contributed by atoms with Crippen molar-refractivity contribution in [1.29, 1.82) is 0 Å². The van der Waals surface area contributed by atoms with E-state index in [9.17, 15) is 18.3 Å². The first-order valence-corrected chi connectivity index (χ1v) is 6.06. The van der Waals surface area contributed by atoms with Crippen LogP contribution in [0.3, 0.4) is 0 Å². The van der Waals surface area contributed by atoms with Crippen molar-refractivity contribution in [2.45, 2.75) is 12.5 Å². The van der Waals surface area contributed by atoms with E-state index in [4.69, 9.17) is 0 Å². The van der Waals surface area contributed by atoms with Crippen molar-refractivity contribution >= 4 is 5.69 Å². The van der Waals surface area contributed by atoms with Crippen molar-refractivity contribution in [2.24, 2.45) is 0 Å². The summed E-state index contributed by atoms with van der Waals surface area (Å²) in [4.78, 5) is 0. The molecule has 0 saturated carbocycles. The summed E-state index contributed by atoms with van der Waals surface area (Å²) >= 11 is 0. The van der Waals surface area contributed by atoms with Crippen LogP contribution in [-0.2, 0) is 5.60 Å². The molecule has 2 nitrogen and oxygen atoms in total. The SMILES string of the molecule is CC(O)(CNc1cc(F)cc(F)c1F)c1ccccc1. The third kappa shape index (κ3) is 3.11. The first kappa shape index (κ1) is 14.4. The predicted molar refractivity (Wildman–Crippen MR) is 70.8 cm³/mol. The van der Waals surface area contributed by atoms with E-state index < -0.39 is 23.1 Å². The molecule has 2 N–H and O–H groups in total. The molecule has 0 aliphatic carbocycles. The third-order valence-corrected chi connectivity index (χ3v) is 3.01. The van der Waals surface area contributed by atoms with Crippen LogP contribution in [0.15, 0.2) is 42.5 Å². The first-order chi connectivity index (χ1) is 9.40. The van der Waals surface area contributed by atoms with E-state index in [1.807, 2.05) is 0 Å². The van der Waals surface area contributed by atoms with E-state index in [1.165, 1.54) is 6.92 Å². The van der Waals surface area contributed by atoms with Crippen LogP contribution in [0.2, 0.25) is 0 Å². The highest BCUT2D eigenvalue weighted by Crippen LogP contribution is 2.24. The fourth-order valence-electron chi connectivity index (χ4n) is 1.85. The van der Waals surface area contributed by atoms with E-state index in [0.717, 1.165) is 6.07 Å². The summed E-state index contributed by atoms with van der Waals surface area (Å²) in [5.41, 5.74) is -1.00. The van der Waals surface area contributed by atoms with Gasteiger partial charge in [0.1, 0.15) is 11.4 Å². The molecule has 20 heavy (non-hydrogen) atoms. The molecule has 5 heteroatoms. The van der Waals surface area contributed by atoms with Gasteiger partial charge in [0.05, 0.1) is 5.69 Å². The van der Waals surface area contributed by atoms with Gasteiger partial charge in [-0.05, 0) is 12.5 Å². The van der Waals surface area contributed by atoms with Gasteiger partial charge in [0.25, 0.3) is 0 Å². The maximum absolute atomic E-state index is 13.5. The zero-order valence-electron chi connectivity index (χ0n) is 10.8. The molecular formula is C15H14F3NO. The van der Waals surface area contributed by atoms with Crippen LogP contribution in [0.1, 0.15) is 12.5 Å². The minimum atomic E-state index is -1.30. The molecule has 2 rings (SSSR count). The number of nitrogens with one attached hydrogen (secondary N) is 1. The average Bonchev–Trinajstić information content (AvgIpc) is 2.42. The Bertz CT molecular complexity index is 600. The van der Waals surface area contributed by atoms with Gasteiger partial charge in [-0.2, -0.15) is 0 Å². The van der Waals surface area contributed by atoms with Crippen molar-refractivity contribution in [1.82, 2.24) is 0 Å². The van der Waals surface area contributed by atoms with Crippen LogP contribution < -0.4 is 5.32 Å². The van der Waals surface area contributed by atoms with Crippen LogP contribution in [0.4, 0.5) is 18.9 Å². The van der Waals surface area contributed by atoms with E-state index in [-0.39, 0.29) is 12.2 Å². The van der Waals surface area contributed by atoms with Gasteiger partial charge in [-0.25, -0.2) is 13.2 Å². The Morgan fingerprint density at radius 3 is 2.40 bits per heavy atom. The van der Waals surface area contributed by atoms with Crippen LogP contribution in [0.25, 0.3) is 0 Å². The molecule has 106 valence electrons. The minimum Gasteiger partial charge on any atom is -0.384 e. The lowest BCUT2D eigenvalue weighted by Gasteiger charge is -2.25. The molecule has 0 aromatic heterocycles. The van der Waals surface area contributed by atoms with Crippen molar-refractivity contribution in [3.63, 3.8) is 0 Å². The average molecular weight is 281 g/mol. The monoisotopic (exact) mass is 281 g/mol. The zero-order valence-corrected chi connectivity index (χ0v) is 10.8. The van der Waals surface area contributed by atoms with Crippen LogP contribution in [0, 0.1) is 17.5 Å². The number of aliphatic hydroxyl groups is 1. The summed E-state index contributed by atoms with van der Waals surface area (Å²) < 4.78 is 39.6. The van der Waals surface area contributed by atoms with Gasteiger partial charge in [0.2, 0.25) is 0 Å². The lowest BCUT2D eigenvalue weighted by molar-refractivity contribution is 0.0714. The van der Waals surface area contributed by atoms with Gasteiger partial charge in [-0.3, -0.25) is 0 Å². The molecule has 1 unspecified atom stereocenters. The topological polar surface area (TPSA) is 32.3 Å². The maximum atomic E-state index is 13.5. The van der Waals surface area contributed by atoms with Crippen LogP contribution in [0.5, 0.6) is 0 Å². The minimum absolute atomic E-state index is 0.0865. The summed E-state index contributed by atoms with van der Waals surface area (Å²) in [5, 5.41) is 12.8. The molecule has 1 atom stereocenters. The molecule has 0 saturated heterocycles. The molecule has 2 aromatic carbocycles. The normalized spacial score (nSPS) is 13.8. The Labute approximate surface area is 114 Å². The molecule has 0 radical (unpaired) electrons. The maximum Gasteiger partial charge on any atom is 0.182 e. The standard InChI is InChI=1S/C15H14F3NO/c1-15(20,10-5-3-2-4-6-10)9-19-13-8-11(16)7-12(17)14(13)18/h2-8,19-20H,9H2,1H3. The summed E-state index contributed by atoms with van der Waals surface area (Å²) in [6.45, 7) is 1.44. The van der Waals surface area contributed by atoms with E-state index in [2.05, 4.69) is 5.32 Å².